The zero-order chi connectivity index (χ0) is 23.6. The molecule has 3 rings (SSSR count). The summed E-state index contributed by atoms with van der Waals surface area (Å²) < 4.78 is 3.23. The summed E-state index contributed by atoms with van der Waals surface area (Å²) in [6, 6.07) is 10.0. The van der Waals surface area contributed by atoms with Crippen molar-refractivity contribution in [1.82, 2.24) is 19.1 Å². The van der Waals surface area contributed by atoms with Crippen LogP contribution in [0.4, 0.5) is 5.95 Å². The summed E-state index contributed by atoms with van der Waals surface area (Å²) in [6.45, 7) is 4.97. The Morgan fingerprint density at radius 3 is 2.39 bits per heavy atom. The number of imidazole rings is 1. The number of H-pyrrole nitrogens is 1. The minimum absolute atomic E-state index is 0.362. The number of hydrogen-bond donors (Lipinski definition) is 2. The Bertz CT molecular complexity index is 1170. The number of unbranched alkanes of at least 4 members (excludes halogenated alkanes) is 6. The first-order valence-corrected chi connectivity index (χ1v) is 12.1. The van der Waals surface area contributed by atoms with Gasteiger partial charge in [0, 0.05) is 13.6 Å². The highest BCUT2D eigenvalue weighted by atomic mass is 16.2. The van der Waals surface area contributed by atoms with Crippen LogP contribution in [-0.2, 0) is 13.6 Å². The summed E-state index contributed by atoms with van der Waals surface area (Å²) in [7, 11) is 1.62. The summed E-state index contributed by atoms with van der Waals surface area (Å²) in [5.41, 5.74) is 4.95. The molecule has 0 radical (unpaired) electrons. The van der Waals surface area contributed by atoms with Gasteiger partial charge in [-0.25, -0.2) is 10.2 Å². The third-order valence-electron chi connectivity index (χ3n) is 5.88. The molecular formula is C25H36N6O2. The van der Waals surface area contributed by atoms with E-state index in [1.54, 1.807) is 7.05 Å². The van der Waals surface area contributed by atoms with Crippen LogP contribution < -0.4 is 16.7 Å². The topological polar surface area (TPSA) is 97.1 Å². The maximum atomic E-state index is 12.7. The smallest absolute Gasteiger partial charge is 0.303 e. The SMILES string of the molecule is CCCCCCCCCn1c(NN=C(CCC)c2ccccc2)nc2c1c(=O)[nH]c(=O)n2C. The number of fused-ring (bicyclic) bond motifs is 1. The number of aromatic nitrogens is 4. The third-order valence-corrected chi connectivity index (χ3v) is 5.88. The summed E-state index contributed by atoms with van der Waals surface area (Å²) in [5, 5.41) is 4.65. The molecule has 1 aromatic carbocycles. The molecular weight excluding hydrogens is 416 g/mol. The van der Waals surface area contributed by atoms with Gasteiger partial charge in [0.25, 0.3) is 5.56 Å². The first-order valence-electron chi connectivity index (χ1n) is 12.1. The van der Waals surface area contributed by atoms with Crippen molar-refractivity contribution in [3.63, 3.8) is 0 Å². The lowest BCUT2D eigenvalue weighted by Crippen LogP contribution is -2.29. The molecule has 8 nitrogen and oxygen atoms in total. The fraction of sp³-hybridized carbons (Fsp3) is 0.520. The number of hydrazone groups is 1. The summed E-state index contributed by atoms with van der Waals surface area (Å²) >= 11 is 0. The van der Waals surface area contributed by atoms with E-state index < -0.39 is 11.2 Å². The largest absolute Gasteiger partial charge is 0.329 e. The van der Waals surface area contributed by atoms with Crippen molar-refractivity contribution in [3.05, 3.63) is 56.7 Å². The van der Waals surface area contributed by atoms with Crippen molar-refractivity contribution in [2.45, 2.75) is 78.2 Å². The molecule has 0 aliphatic rings. The Labute approximate surface area is 194 Å². The maximum Gasteiger partial charge on any atom is 0.329 e. The molecule has 0 atom stereocenters. The Kier molecular flexibility index (Phi) is 9.04. The molecule has 0 saturated carbocycles. The van der Waals surface area contributed by atoms with E-state index in [-0.39, 0.29) is 0 Å². The average Bonchev–Trinajstić information content (AvgIpc) is 3.19. The van der Waals surface area contributed by atoms with Crippen molar-refractivity contribution in [2.24, 2.45) is 12.1 Å². The first-order chi connectivity index (χ1) is 16.1. The van der Waals surface area contributed by atoms with Gasteiger partial charge in [-0.3, -0.25) is 14.3 Å². The summed E-state index contributed by atoms with van der Waals surface area (Å²) in [5.74, 6) is 0.479. The number of aryl methyl sites for hydroxylation is 2. The number of anilines is 1. The number of nitrogens with one attached hydrogen (secondary N) is 2. The van der Waals surface area contributed by atoms with E-state index in [4.69, 9.17) is 0 Å². The lowest BCUT2D eigenvalue weighted by Gasteiger charge is -2.10. The molecule has 0 amide bonds. The summed E-state index contributed by atoms with van der Waals surface area (Å²) in [6.07, 6.45) is 9.99. The minimum Gasteiger partial charge on any atom is -0.303 e. The van der Waals surface area contributed by atoms with Crippen LogP contribution in [0.3, 0.4) is 0 Å². The molecule has 3 aromatic rings. The zero-order valence-corrected chi connectivity index (χ0v) is 20.1. The fourth-order valence-corrected chi connectivity index (χ4v) is 4.01. The maximum absolute atomic E-state index is 12.7. The number of rotatable bonds is 13. The van der Waals surface area contributed by atoms with Crippen molar-refractivity contribution in [1.29, 1.82) is 0 Å². The Morgan fingerprint density at radius 1 is 1.00 bits per heavy atom. The van der Waals surface area contributed by atoms with Crippen LogP contribution in [0.5, 0.6) is 0 Å². The number of aromatic amines is 1. The predicted octanol–water partition coefficient (Wildman–Crippen LogP) is 4.79. The van der Waals surface area contributed by atoms with Crippen molar-refractivity contribution in [3.8, 4) is 0 Å². The lowest BCUT2D eigenvalue weighted by molar-refractivity contribution is 0.556. The van der Waals surface area contributed by atoms with Crippen LogP contribution in [0.25, 0.3) is 11.2 Å². The van der Waals surface area contributed by atoms with Crippen LogP contribution in [-0.4, -0.2) is 24.8 Å². The molecule has 0 fully saturated rings. The third kappa shape index (κ3) is 6.21. The van der Waals surface area contributed by atoms with Crippen molar-refractivity contribution < 1.29 is 0 Å². The number of hydrogen-bond acceptors (Lipinski definition) is 5. The van der Waals surface area contributed by atoms with Crippen LogP contribution >= 0.6 is 0 Å². The van der Waals surface area contributed by atoms with Gasteiger partial charge in [0.15, 0.2) is 11.2 Å². The van der Waals surface area contributed by atoms with Gasteiger partial charge in [-0.2, -0.15) is 10.1 Å². The van der Waals surface area contributed by atoms with E-state index in [1.165, 1.54) is 36.7 Å². The van der Waals surface area contributed by atoms with Gasteiger partial charge >= 0.3 is 5.69 Å². The molecule has 0 aliphatic carbocycles. The normalized spacial score (nSPS) is 11.9. The van der Waals surface area contributed by atoms with E-state index >= 15 is 0 Å². The fourth-order valence-electron chi connectivity index (χ4n) is 4.01. The van der Waals surface area contributed by atoms with Gasteiger partial charge in [0.05, 0.1) is 5.71 Å². The Morgan fingerprint density at radius 2 is 1.70 bits per heavy atom. The number of benzene rings is 1. The zero-order valence-electron chi connectivity index (χ0n) is 20.1. The molecule has 33 heavy (non-hydrogen) atoms. The second kappa shape index (κ2) is 12.2. The Hall–Kier alpha value is -3.16. The van der Waals surface area contributed by atoms with Gasteiger partial charge in [0.1, 0.15) is 0 Å². The molecule has 0 aliphatic heterocycles. The summed E-state index contributed by atoms with van der Waals surface area (Å²) in [4.78, 5) is 31.8. The van der Waals surface area contributed by atoms with Crippen LogP contribution in [0.15, 0.2) is 45.0 Å². The first kappa shape index (κ1) is 24.5. The molecule has 0 saturated heterocycles. The van der Waals surface area contributed by atoms with Crippen LogP contribution in [0, 0.1) is 0 Å². The highest BCUT2D eigenvalue weighted by Gasteiger charge is 2.17. The predicted molar refractivity (Wildman–Crippen MR) is 135 cm³/mol. The van der Waals surface area contributed by atoms with Crippen molar-refractivity contribution >= 4 is 22.8 Å². The van der Waals surface area contributed by atoms with Gasteiger partial charge in [-0.15, -0.1) is 0 Å². The van der Waals surface area contributed by atoms with Gasteiger partial charge in [-0.05, 0) is 18.4 Å². The highest BCUT2D eigenvalue weighted by molar-refractivity contribution is 6.00. The molecule has 2 aromatic heterocycles. The standard InChI is InChI=1S/C25H36N6O2/c1-4-6-7-8-9-10-14-18-31-21-22(30(3)25(33)27-23(21)32)26-24(31)29-28-20(15-5-2)19-16-12-11-13-17-19/h11-13,16-17H,4-10,14-15,18H2,1-3H3,(H,26,29)(H,27,32,33). The monoisotopic (exact) mass is 452 g/mol. The minimum atomic E-state index is -0.473. The van der Waals surface area contributed by atoms with E-state index in [1.807, 2.05) is 34.9 Å². The molecule has 2 heterocycles. The quantitative estimate of drug-likeness (QED) is 0.221. The van der Waals surface area contributed by atoms with Crippen molar-refractivity contribution in [2.75, 3.05) is 5.43 Å². The van der Waals surface area contributed by atoms with Gasteiger partial charge in [0.2, 0.25) is 5.95 Å². The van der Waals surface area contributed by atoms with Gasteiger partial charge in [-0.1, -0.05) is 89.1 Å². The van der Waals surface area contributed by atoms with Crippen LogP contribution in [0.1, 0.15) is 77.2 Å². The Balaban J connectivity index is 1.88. The van der Waals surface area contributed by atoms with Crippen LogP contribution in [0.2, 0.25) is 0 Å². The van der Waals surface area contributed by atoms with E-state index in [2.05, 4.69) is 34.3 Å². The number of nitrogens with zero attached hydrogens (tertiary/aromatic N) is 4. The molecule has 2 N–H and O–H groups in total. The van der Waals surface area contributed by atoms with E-state index in [9.17, 15) is 9.59 Å². The second-order valence-electron chi connectivity index (χ2n) is 8.49. The highest BCUT2D eigenvalue weighted by Crippen LogP contribution is 2.18. The molecule has 178 valence electrons. The average molecular weight is 453 g/mol. The molecule has 0 spiro atoms. The lowest BCUT2D eigenvalue weighted by atomic mass is 10.1. The van der Waals surface area contributed by atoms with Gasteiger partial charge < -0.3 is 4.57 Å². The van der Waals surface area contributed by atoms with E-state index in [0.29, 0.717) is 23.7 Å². The van der Waals surface area contributed by atoms with E-state index in [0.717, 1.165) is 37.0 Å². The molecule has 0 unspecified atom stereocenters. The second-order valence-corrected chi connectivity index (χ2v) is 8.49. The molecule has 0 bridgehead atoms. The molecule has 8 heteroatoms.